The predicted octanol–water partition coefficient (Wildman–Crippen LogP) is 3.53. The van der Waals surface area contributed by atoms with E-state index in [-0.39, 0.29) is 18.3 Å². The van der Waals surface area contributed by atoms with Gasteiger partial charge in [-0.2, -0.15) is 0 Å². The summed E-state index contributed by atoms with van der Waals surface area (Å²) in [5, 5.41) is 2.78. The molecule has 1 aliphatic heterocycles. The van der Waals surface area contributed by atoms with Gasteiger partial charge in [-0.25, -0.2) is 4.79 Å². The molecule has 1 N–H and O–H groups in total. The Labute approximate surface area is 147 Å². The summed E-state index contributed by atoms with van der Waals surface area (Å²) in [5.41, 5.74) is 0.920. The number of anilines is 1. The zero-order valence-electron chi connectivity index (χ0n) is 13.0. The average molecular weight is 361 g/mol. The number of hydrogen-bond donors (Lipinski definition) is 1. The molecule has 1 aromatic carbocycles. The standard InChI is InChI=1S/C17H15NO4S2/c1-10-2-4-15(24-10)13(19)9-22-17(21)11-3-5-14-12(8-11)18-16(20)6-7-23-14/h2-5,8H,6-7,9H2,1H3,(H,18,20). The minimum atomic E-state index is -0.581. The van der Waals surface area contributed by atoms with Gasteiger partial charge in [0.1, 0.15) is 0 Å². The monoisotopic (exact) mass is 361 g/mol. The van der Waals surface area contributed by atoms with Crippen LogP contribution in [-0.4, -0.2) is 30.0 Å². The molecule has 3 rings (SSSR count). The fraction of sp³-hybridized carbons (Fsp3) is 0.235. The van der Waals surface area contributed by atoms with Crippen LogP contribution in [0.5, 0.6) is 0 Å². The summed E-state index contributed by atoms with van der Waals surface area (Å²) < 4.78 is 5.10. The van der Waals surface area contributed by atoms with Gasteiger partial charge >= 0.3 is 5.97 Å². The van der Waals surface area contributed by atoms with Gasteiger partial charge in [-0.05, 0) is 37.3 Å². The Morgan fingerprint density at radius 3 is 2.83 bits per heavy atom. The number of esters is 1. The number of benzene rings is 1. The first-order chi connectivity index (χ1) is 11.5. The molecule has 124 valence electrons. The molecule has 0 spiro atoms. The molecule has 0 atom stereocenters. The molecule has 1 aromatic heterocycles. The van der Waals surface area contributed by atoms with Crippen molar-refractivity contribution in [2.24, 2.45) is 0 Å². The maximum absolute atomic E-state index is 12.1. The molecule has 0 saturated carbocycles. The normalized spacial score (nSPS) is 13.6. The second-order valence-electron chi connectivity index (χ2n) is 5.27. The Morgan fingerprint density at radius 2 is 2.08 bits per heavy atom. The molecule has 1 amide bonds. The molecule has 2 aromatic rings. The summed E-state index contributed by atoms with van der Waals surface area (Å²) >= 11 is 2.94. The summed E-state index contributed by atoms with van der Waals surface area (Å²) in [5.74, 6) is -0.171. The lowest BCUT2D eigenvalue weighted by atomic mass is 10.2. The number of ketones is 1. The predicted molar refractivity (Wildman–Crippen MR) is 94.1 cm³/mol. The van der Waals surface area contributed by atoms with Crippen molar-refractivity contribution in [1.82, 2.24) is 0 Å². The number of Topliss-reactive ketones (excluding diaryl/α,β-unsaturated/α-hetero) is 1. The lowest BCUT2D eigenvalue weighted by molar-refractivity contribution is -0.115. The summed E-state index contributed by atoms with van der Waals surface area (Å²) in [4.78, 5) is 38.3. The zero-order chi connectivity index (χ0) is 17.1. The van der Waals surface area contributed by atoms with Crippen LogP contribution in [-0.2, 0) is 9.53 Å². The fourth-order valence-electron chi connectivity index (χ4n) is 2.22. The lowest BCUT2D eigenvalue weighted by Crippen LogP contribution is -2.14. The van der Waals surface area contributed by atoms with Crippen molar-refractivity contribution in [3.8, 4) is 0 Å². The van der Waals surface area contributed by atoms with E-state index >= 15 is 0 Å². The summed E-state index contributed by atoms with van der Waals surface area (Å²) in [6.45, 7) is 1.62. The van der Waals surface area contributed by atoms with Crippen molar-refractivity contribution in [2.45, 2.75) is 18.2 Å². The Morgan fingerprint density at radius 1 is 1.25 bits per heavy atom. The van der Waals surface area contributed by atoms with E-state index in [0.717, 1.165) is 9.77 Å². The fourth-order valence-corrected chi connectivity index (χ4v) is 3.95. The van der Waals surface area contributed by atoms with Crippen molar-refractivity contribution >= 4 is 46.4 Å². The SMILES string of the molecule is Cc1ccc(C(=O)COC(=O)c2ccc3c(c2)NC(=O)CCS3)s1. The van der Waals surface area contributed by atoms with Crippen LogP contribution >= 0.6 is 23.1 Å². The highest BCUT2D eigenvalue weighted by Crippen LogP contribution is 2.31. The summed E-state index contributed by atoms with van der Waals surface area (Å²) in [6, 6.07) is 8.60. The lowest BCUT2D eigenvalue weighted by Gasteiger charge is -2.09. The number of carbonyl (C=O) groups excluding carboxylic acids is 3. The number of aryl methyl sites for hydroxylation is 1. The number of ether oxygens (including phenoxy) is 1. The number of fused-ring (bicyclic) bond motifs is 1. The third-order valence-corrected chi connectivity index (χ3v) is 5.54. The molecule has 7 heteroatoms. The molecule has 2 heterocycles. The number of thiophene rings is 1. The number of rotatable bonds is 4. The van der Waals surface area contributed by atoms with Gasteiger partial charge in [-0.3, -0.25) is 9.59 Å². The van der Waals surface area contributed by atoms with Gasteiger partial charge in [0.15, 0.2) is 6.61 Å². The van der Waals surface area contributed by atoms with Crippen LogP contribution in [0, 0.1) is 6.92 Å². The van der Waals surface area contributed by atoms with Gasteiger partial charge in [0.2, 0.25) is 11.7 Å². The van der Waals surface area contributed by atoms with Gasteiger partial charge in [-0.1, -0.05) is 0 Å². The van der Waals surface area contributed by atoms with Gasteiger partial charge < -0.3 is 10.1 Å². The number of nitrogens with one attached hydrogen (secondary N) is 1. The van der Waals surface area contributed by atoms with Crippen molar-refractivity contribution < 1.29 is 19.1 Å². The molecule has 0 radical (unpaired) electrons. The molecule has 0 unspecified atom stereocenters. The molecule has 0 aliphatic carbocycles. The van der Waals surface area contributed by atoms with E-state index in [2.05, 4.69) is 5.32 Å². The average Bonchev–Trinajstić information content (AvgIpc) is 2.90. The van der Waals surface area contributed by atoms with Crippen LogP contribution in [0.15, 0.2) is 35.2 Å². The minimum absolute atomic E-state index is 0.0741. The van der Waals surface area contributed by atoms with Gasteiger partial charge in [0, 0.05) is 21.9 Å². The van der Waals surface area contributed by atoms with Gasteiger partial charge in [-0.15, -0.1) is 23.1 Å². The Balaban J connectivity index is 1.67. The Bertz CT molecular complexity index is 813. The third kappa shape index (κ3) is 3.85. The second-order valence-corrected chi connectivity index (χ2v) is 7.69. The maximum Gasteiger partial charge on any atom is 0.338 e. The molecule has 5 nitrogen and oxygen atoms in total. The van der Waals surface area contributed by atoms with Crippen LogP contribution < -0.4 is 5.32 Å². The zero-order valence-corrected chi connectivity index (χ0v) is 14.6. The molecule has 24 heavy (non-hydrogen) atoms. The molecular formula is C17H15NO4S2. The number of amides is 1. The van der Waals surface area contributed by atoms with Gasteiger partial charge in [0.25, 0.3) is 0 Å². The smallest absolute Gasteiger partial charge is 0.338 e. The maximum atomic E-state index is 12.1. The van der Waals surface area contributed by atoms with Crippen molar-refractivity contribution in [3.63, 3.8) is 0 Å². The molecule has 0 fully saturated rings. The minimum Gasteiger partial charge on any atom is -0.454 e. The van der Waals surface area contributed by atoms with Crippen LogP contribution in [0.1, 0.15) is 31.3 Å². The highest BCUT2D eigenvalue weighted by molar-refractivity contribution is 7.99. The van der Waals surface area contributed by atoms with Gasteiger partial charge in [0.05, 0.1) is 16.1 Å². The van der Waals surface area contributed by atoms with E-state index in [4.69, 9.17) is 4.74 Å². The van der Waals surface area contributed by atoms with Crippen LogP contribution in [0.2, 0.25) is 0 Å². The van der Waals surface area contributed by atoms with E-state index in [1.54, 1.807) is 36.0 Å². The summed E-state index contributed by atoms with van der Waals surface area (Å²) in [7, 11) is 0. The van der Waals surface area contributed by atoms with E-state index in [1.807, 2.05) is 13.0 Å². The van der Waals surface area contributed by atoms with E-state index < -0.39 is 5.97 Å². The first-order valence-corrected chi connectivity index (χ1v) is 9.16. The van der Waals surface area contributed by atoms with Crippen LogP contribution in [0.25, 0.3) is 0 Å². The highest BCUT2D eigenvalue weighted by Gasteiger charge is 2.17. The largest absolute Gasteiger partial charge is 0.454 e. The molecule has 1 aliphatic rings. The third-order valence-electron chi connectivity index (χ3n) is 3.43. The topological polar surface area (TPSA) is 72.5 Å². The van der Waals surface area contributed by atoms with E-state index in [9.17, 15) is 14.4 Å². The first-order valence-electron chi connectivity index (χ1n) is 7.36. The Kier molecular flexibility index (Phi) is 5.01. The second kappa shape index (κ2) is 7.19. The molecule has 0 saturated heterocycles. The number of thioether (sulfide) groups is 1. The summed E-state index contributed by atoms with van der Waals surface area (Å²) in [6.07, 6.45) is 0.438. The van der Waals surface area contributed by atoms with Crippen molar-refractivity contribution in [1.29, 1.82) is 0 Å². The van der Waals surface area contributed by atoms with Crippen molar-refractivity contribution in [2.75, 3.05) is 17.7 Å². The Hall–Kier alpha value is -2.12. The number of carbonyl (C=O) groups is 3. The molecular weight excluding hydrogens is 346 g/mol. The van der Waals surface area contributed by atoms with Crippen LogP contribution in [0.3, 0.4) is 0 Å². The van der Waals surface area contributed by atoms with E-state index in [0.29, 0.717) is 28.3 Å². The van der Waals surface area contributed by atoms with E-state index in [1.165, 1.54) is 11.3 Å². The van der Waals surface area contributed by atoms with Crippen LogP contribution in [0.4, 0.5) is 5.69 Å². The number of hydrogen-bond acceptors (Lipinski definition) is 6. The quantitative estimate of drug-likeness (QED) is 0.666. The molecule has 0 bridgehead atoms. The highest BCUT2D eigenvalue weighted by atomic mass is 32.2. The first kappa shape index (κ1) is 16.7. The van der Waals surface area contributed by atoms with Crippen molar-refractivity contribution in [3.05, 3.63) is 45.6 Å².